The Morgan fingerprint density at radius 1 is 0.256 bits per heavy atom. The van der Waals surface area contributed by atoms with Gasteiger partial charge in [0.2, 0.25) is 0 Å². The zero-order valence-corrected chi connectivity index (χ0v) is 52.9. The van der Waals surface area contributed by atoms with E-state index in [1.54, 1.807) is 0 Å². The predicted molar refractivity (Wildman–Crippen MR) is 357 cm³/mol. The summed E-state index contributed by atoms with van der Waals surface area (Å²) in [5.74, 6) is -0.956. The highest BCUT2D eigenvalue weighted by Gasteiger charge is 2.19. The molecule has 0 radical (unpaired) electrons. The number of esters is 3. The quantitative estimate of drug-likeness (QED) is 0.0261. The molecule has 0 aliphatic carbocycles. The number of carbonyl (C=O) groups excluding carboxylic acids is 3. The smallest absolute Gasteiger partial charge is 0.306 e. The molecule has 0 rings (SSSR count). The van der Waals surface area contributed by atoms with Crippen molar-refractivity contribution < 1.29 is 28.6 Å². The second kappa shape index (κ2) is 68.5. The first kappa shape index (κ1) is 77.0. The van der Waals surface area contributed by atoms with E-state index >= 15 is 0 Å². The molecule has 0 spiro atoms. The van der Waals surface area contributed by atoms with Gasteiger partial charge in [-0.1, -0.05) is 275 Å². The van der Waals surface area contributed by atoms with Crippen molar-refractivity contribution in [2.24, 2.45) is 0 Å². The largest absolute Gasteiger partial charge is 0.462 e. The summed E-state index contributed by atoms with van der Waals surface area (Å²) in [6, 6.07) is 0. The third-order valence-corrected chi connectivity index (χ3v) is 13.7. The monoisotopic (exact) mass is 1130 g/mol. The van der Waals surface area contributed by atoms with Crippen LogP contribution in [0.25, 0.3) is 0 Å². The van der Waals surface area contributed by atoms with Crippen LogP contribution < -0.4 is 0 Å². The number of hydrogen-bond acceptors (Lipinski definition) is 6. The molecule has 0 amide bonds. The molecule has 1 unspecified atom stereocenters. The molecular formula is C76H122O6. The average Bonchev–Trinajstić information content (AvgIpc) is 3.47. The molecule has 6 heteroatoms. The highest BCUT2D eigenvalue weighted by atomic mass is 16.6. The van der Waals surface area contributed by atoms with Crippen LogP contribution in [-0.2, 0) is 28.6 Å². The average molecular weight is 1130 g/mol. The zero-order valence-electron chi connectivity index (χ0n) is 52.9. The summed E-state index contributed by atoms with van der Waals surface area (Å²) in [5, 5.41) is 0. The van der Waals surface area contributed by atoms with E-state index in [-0.39, 0.29) is 31.1 Å². The topological polar surface area (TPSA) is 78.9 Å². The second-order valence-corrected chi connectivity index (χ2v) is 21.6. The van der Waals surface area contributed by atoms with Gasteiger partial charge in [-0.3, -0.25) is 14.4 Å². The molecule has 0 saturated carbocycles. The lowest BCUT2D eigenvalue weighted by Gasteiger charge is -2.18. The summed E-state index contributed by atoms with van der Waals surface area (Å²) in [4.78, 5) is 38.3. The second-order valence-electron chi connectivity index (χ2n) is 21.6. The van der Waals surface area contributed by atoms with Crippen molar-refractivity contribution in [3.05, 3.63) is 158 Å². The molecule has 6 nitrogen and oxygen atoms in total. The summed E-state index contributed by atoms with van der Waals surface area (Å²) >= 11 is 0. The molecule has 0 saturated heterocycles. The van der Waals surface area contributed by atoms with E-state index < -0.39 is 6.10 Å². The molecule has 0 bridgehead atoms. The van der Waals surface area contributed by atoms with Crippen LogP contribution in [0.2, 0.25) is 0 Å². The first-order chi connectivity index (χ1) is 40.5. The van der Waals surface area contributed by atoms with Gasteiger partial charge in [0.15, 0.2) is 6.10 Å². The Morgan fingerprint density at radius 2 is 0.500 bits per heavy atom. The van der Waals surface area contributed by atoms with Crippen LogP contribution in [0.15, 0.2) is 158 Å². The lowest BCUT2D eigenvalue weighted by molar-refractivity contribution is -0.167. The number of ether oxygens (including phenoxy) is 3. The van der Waals surface area contributed by atoms with Crippen LogP contribution >= 0.6 is 0 Å². The van der Waals surface area contributed by atoms with Gasteiger partial charge in [-0.15, -0.1) is 0 Å². The van der Waals surface area contributed by atoms with Crippen molar-refractivity contribution in [2.75, 3.05) is 13.2 Å². The van der Waals surface area contributed by atoms with Gasteiger partial charge in [0.1, 0.15) is 13.2 Å². The summed E-state index contributed by atoms with van der Waals surface area (Å²) in [7, 11) is 0. The van der Waals surface area contributed by atoms with Crippen molar-refractivity contribution in [2.45, 2.75) is 290 Å². The third-order valence-electron chi connectivity index (χ3n) is 13.7. The van der Waals surface area contributed by atoms with Gasteiger partial charge in [-0.05, 0) is 148 Å². The number of unbranched alkanes of at least 4 members (excludes halogenated alkanes) is 22. The molecule has 0 aromatic carbocycles. The van der Waals surface area contributed by atoms with E-state index in [9.17, 15) is 14.4 Å². The molecule has 0 aliphatic heterocycles. The Hall–Kier alpha value is -4.97. The van der Waals surface area contributed by atoms with Crippen LogP contribution in [-0.4, -0.2) is 37.2 Å². The van der Waals surface area contributed by atoms with E-state index in [4.69, 9.17) is 14.2 Å². The zero-order chi connectivity index (χ0) is 59.2. The Balaban J connectivity index is 4.36. The van der Waals surface area contributed by atoms with Crippen LogP contribution in [0, 0.1) is 0 Å². The van der Waals surface area contributed by atoms with Gasteiger partial charge in [0.05, 0.1) is 0 Å². The molecule has 462 valence electrons. The van der Waals surface area contributed by atoms with Crippen molar-refractivity contribution in [1.82, 2.24) is 0 Å². The number of hydrogen-bond donors (Lipinski definition) is 0. The SMILES string of the molecule is CC/C=C\C/C=C\C/C=C\C/C=C\C/C=C\C/C=C\C/C=C\C/C=C\C/C=C\CCCCCC(=O)OCC(COC(=O)CCCCCCC/C=C\CCC)OC(=O)CCCCCCCCCC/C=C\C/C=C\C/C=C\CCCCCCC. The van der Waals surface area contributed by atoms with Gasteiger partial charge in [-0.2, -0.15) is 0 Å². The van der Waals surface area contributed by atoms with Crippen LogP contribution in [0.3, 0.4) is 0 Å². The molecule has 0 heterocycles. The molecule has 0 N–H and O–H groups in total. The van der Waals surface area contributed by atoms with Gasteiger partial charge >= 0.3 is 17.9 Å². The minimum Gasteiger partial charge on any atom is -0.462 e. The first-order valence-corrected chi connectivity index (χ1v) is 33.5. The van der Waals surface area contributed by atoms with E-state index in [2.05, 4.69) is 179 Å². The number of allylic oxidation sites excluding steroid dienone is 26. The maximum Gasteiger partial charge on any atom is 0.306 e. The van der Waals surface area contributed by atoms with E-state index in [0.717, 1.165) is 161 Å². The maximum absolute atomic E-state index is 12.9. The summed E-state index contributed by atoms with van der Waals surface area (Å²) in [5.41, 5.74) is 0. The van der Waals surface area contributed by atoms with Crippen LogP contribution in [0.4, 0.5) is 0 Å². The van der Waals surface area contributed by atoms with Crippen LogP contribution in [0.1, 0.15) is 284 Å². The molecule has 82 heavy (non-hydrogen) atoms. The lowest BCUT2D eigenvalue weighted by atomic mass is 10.1. The number of rotatable bonds is 59. The normalized spacial score (nSPS) is 13.2. The minimum absolute atomic E-state index is 0.102. The molecule has 0 aliphatic rings. The van der Waals surface area contributed by atoms with Crippen molar-refractivity contribution in [1.29, 1.82) is 0 Å². The van der Waals surface area contributed by atoms with Gasteiger partial charge in [-0.25, -0.2) is 0 Å². The summed E-state index contributed by atoms with van der Waals surface area (Å²) < 4.78 is 16.9. The lowest BCUT2D eigenvalue weighted by Crippen LogP contribution is -2.30. The molecule has 0 aromatic rings. The molecular weight excluding hydrogens is 1010 g/mol. The Labute approximate surface area is 505 Å². The Kier molecular flexibility index (Phi) is 64.4. The fraction of sp³-hybridized carbons (Fsp3) is 0.618. The summed E-state index contributed by atoms with van der Waals surface area (Å²) in [6.45, 7) is 6.41. The fourth-order valence-electron chi connectivity index (χ4n) is 8.74. The van der Waals surface area contributed by atoms with E-state index in [1.807, 2.05) is 0 Å². The fourth-order valence-corrected chi connectivity index (χ4v) is 8.74. The highest BCUT2D eigenvalue weighted by Crippen LogP contribution is 2.14. The summed E-state index contributed by atoms with van der Waals surface area (Å²) in [6.07, 6.45) is 99.8. The standard InChI is InChI=1S/C76H122O6/c1-4-7-10-13-16-19-22-24-26-28-30-32-34-35-36-37-38-39-40-41-43-44-46-48-50-52-54-57-60-63-66-69-75(78)81-72-73(71-80-74(77)68-65-62-59-56-21-18-15-12-9-6-3)82-76(79)70-67-64-61-58-55-53-51-49-47-45-42-33-31-29-27-25-23-20-17-14-11-8-5-2/h7,10,12,15-16,19,23-26,29-32,35-36,38-39,41-43,45-46,48,52,54,73H,4-6,8-9,11,13-14,17-18,20-22,27-28,33-34,37,40,44,47,49-51,53,55-72H2,1-3H3/b10-7-,15-12-,19-16-,25-23-,26-24-,31-29-,32-30-,36-35-,39-38-,43-41-,45-42-,48-46-,54-52-. The predicted octanol–water partition coefficient (Wildman–Crippen LogP) is 23.3. The van der Waals surface area contributed by atoms with Crippen LogP contribution in [0.5, 0.6) is 0 Å². The van der Waals surface area contributed by atoms with Crippen molar-refractivity contribution in [3.8, 4) is 0 Å². The maximum atomic E-state index is 12.9. The minimum atomic E-state index is -0.807. The van der Waals surface area contributed by atoms with Gasteiger partial charge in [0, 0.05) is 19.3 Å². The van der Waals surface area contributed by atoms with E-state index in [0.29, 0.717) is 19.3 Å². The van der Waals surface area contributed by atoms with Gasteiger partial charge in [0.25, 0.3) is 0 Å². The molecule has 0 fully saturated rings. The Morgan fingerprint density at radius 3 is 0.817 bits per heavy atom. The van der Waals surface area contributed by atoms with Gasteiger partial charge < -0.3 is 14.2 Å². The Bertz CT molecular complexity index is 1830. The molecule has 1 atom stereocenters. The highest BCUT2D eigenvalue weighted by molar-refractivity contribution is 5.71. The molecule has 0 aromatic heterocycles. The third kappa shape index (κ3) is 65.8. The first-order valence-electron chi connectivity index (χ1n) is 33.5. The van der Waals surface area contributed by atoms with Crippen molar-refractivity contribution >= 4 is 17.9 Å². The number of carbonyl (C=O) groups is 3. The van der Waals surface area contributed by atoms with E-state index in [1.165, 1.54) is 83.5 Å². The van der Waals surface area contributed by atoms with Crippen molar-refractivity contribution in [3.63, 3.8) is 0 Å².